The first-order valence-electron chi connectivity index (χ1n) is 6.31. The Kier molecular flexibility index (Phi) is 3.27. The zero-order valence-corrected chi connectivity index (χ0v) is 11.9. The third-order valence-electron chi connectivity index (χ3n) is 3.28. The van der Waals surface area contributed by atoms with E-state index in [0.717, 1.165) is 5.52 Å². The van der Waals surface area contributed by atoms with Gasteiger partial charge in [-0.25, -0.2) is 4.79 Å². The summed E-state index contributed by atoms with van der Waals surface area (Å²) in [7, 11) is 1.68. The van der Waals surface area contributed by atoms with E-state index in [2.05, 4.69) is 10.3 Å². The first-order valence-corrected chi connectivity index (χ1v) is 6.69. The number of nitrogens with one attached hydrogen (secondary N) is 2. The van der Waals surface area contributed by atoms with E-state index >= 15 is 0 Å². The first-order chi connectivity index (χ1) is 10.1. The summed E-state index contributed by atoms with van der Waals surface area (Å²) in [5.41, 5.74) is 2.24. The molecule has 2 N–H and O–H groups in total. The summed E-state index contributed by atoms with van der Waals surface area (Å²) in [6, 6.07) is 12.1. The summed E-state index contributed by atoms with van der Waals surface area (Å²) < 4.78 is 1.51. The Hall–Kier alpha value is -2.53. The lowest BCUT2D eigenvalue weighted by Gasteiger charge is -2.06. The molecule has 6 heteroatoms. The lowest BCUT2D eigenvalue weighted by molar-refractivity contribution is 0.102. The number of fused-ring (bicyclic) bond motifs is 1. The average Bonchev–Trinajstić information content (AvgIpc) is 2.74. The number of hydrogen-bond acceptors (Lipinski definition) is 2. The molecule has 0 aliphatic rings. The summed E-state index contributed by atoms with van der Waals surface area (Å²) in [5, 5.41) is 3.16. The fourth-order valence-electron chi connectivity index (χ4n) is 2.16. The Morgan fingerprint density at radius 2 is 2.00 bits per heavy atom. The van der Waals surface area contributed by atoms with Gasteiger partial charge in [-0.3, -0.25) is 9.36 Å². The highest BCUT2D eigenvalue weighted by atomic mass is 35.5. The third kappa shape index (κ3) is 2.43. The molecule has 0 radical (unpaired) electrons. The molecular formula is C15H12ClN3O2. The number of rotatable bonds is 2. The van der Waals surface area contributed by atoms with E-state index in [0.29, 0.717) is 21.8 Å². The van der Waals surface area contributed by atoms with Crippen LogP contribution >= 0.6 is 11.6 Å². The molecular weight excluding hydrogens is 290 g/mol. The summed E-state index contributed by atoms with van der Waals surface area (Å²) in [5.74, 6) is -0.293. The van der Waals surface area contributed by atoms with Crippen molar-refractivity contribution in [2.75, 3.05) is 5.32 Å². The molecule has 2 aromatic carbocycles. The molecule has 0 bridgehead atoms. The van der Waals surface area contributed by atoms with Crippen LogP contribution in [0.25, 0.3) is 11.0 Å². The Labute approximate surface area is 125 Å². The van der Waals surface area contributed by atoms with Crippen LogP contribution in [-0.2, 0) is 7.05 Å². The van der Waals surface area contributed by atoms with Crippen molar-refractivity contribution >= 4 is 34.2 Å². The first kappa shape index (κ1) is 13.5. The number of carbonyl (C=O) groups is 1. The van der Waals surface area contributed by atoms with Crippen LogP contribution in [0.15, 0.2) is 47.3 Å². The molecule has 0 aliphatic heterocycles. The van der Waals surface area contributed by atoms with Gasteiger partial charge in [0.25, 0.3) is 5.91 Å². The Balaban J connectivity index is 1.93. The van der Waals surface area contributed by atoms with Crippen LogP contribution in [0.4, 0.5) is 5.69 Å². The molecule has 5 nitrogen and oxygen atoms in total. The van der Waals surface area contributed by atoms with Crippen molar-refractivity contribution in [2.45, 2.75) is 0 Å². The van der Waals surface area contributed by atoms with E-state index in [4.69, 9.17) is 11.6 Å². The van der Waals surface area contributed by atoms with Crippen molar-refractivity contribution in [2.24, 2.45) is 7.05 Å². The summed E-state index contributed by atoms with van der Waals surface area (Å²) in [4.78, 5) is 26.4. The van der Waals surface area contributed by atoms with Crippen molar-refractivity contribution in [1.82, 2.24) is 9.55 Å². The number of nitrogens with zero attached hydrogens (tertiary/aromatic N) is 1. The fourth-order valence-corrected chi connectivity index (χ4v) is 2.38. The minimum absolute atomic E-state index is 0.195. The highest BCUT2D eigenvalue weighted by Gasteiger charge is 2.11. The molecule has 3 rings (SSSR count). The number of H-pyrrole nitrogens is 1. The van der Waals surface area contributed by atoms with Crippen LogP contribution in [0.1, 0.15) is 10.4 Å². The maximum atomic E-state index is 12.2. The number of halogens is 1. The summed E-state index contributed by atoms with van der Waals surface area (Å²) in [6.07, 6.45) is 0. The zero-order valence-electron chi connectivity index (χ0n) is 11.2. The van der Waals surface area contributed by atoms with E-state index < -0.39 is 0 Å². The number of amides is 1. The number of imidazole rings is 1. The fraction of sp³-hybridized carbons (Fsp3) is 0.0667. The molecule has 1 heterocycles. The number of aryl methyl sites for hydroxylation is 1. The minimum atomic E-state index is -0.293. The Bertz CT molecular complexity index is 895. The molecule has 0 aliphatic carbocycles. The van der Waals surface area contributed by atoms with E-state index in [1.807, 2.05) is 0 Å². The van der Waals surface area contributed by atoms with Crippen molar-refractivity contribution in [3.8, 4) is 0 Å². The van der Waals surface area contributed by atoms with Gasteiger partial charge in [0.05, 0.1) is 21.6 Å². The zero-order chi connectivity index (χ0) is 15.0. The monoisotopic (exact) mass is 301 g/mol. The molecule has 0 saturated heterocycles. The smallest absolute Gasteiger partial charge is 0.322 e. The minimum Gasteiger partial charge on any atom is -0.322 e. The highest BCUT2D eigenvalue weighted by molar-refractivity contribution is 6.34. The van der Waals surface area contributed by atoms with Crippen LogP contribution in [0.2, 0.25) is 5.02 Å². The van der Waals surface area contributed by atoms with Gasteiger partial charge in [0.15, 0.2) is 0 Å². The SMILES string of the molecule is Cn1c(=O)[nH]c2cc(NC(=O)c3ccccc3Cl)ccc21. The third-order valence-corrected chi connectivity index (χ3v) is 3.61. The molecule has 106 valence electrons. The Morgan fingerprint density at radius 3 is 2.76 bits per heavy atom. The van der Waals surface area contributed by atoms with Gasteiger partial charge < -0.3 is 10.3 Å². The van der Waals surface area contributed by atoms with Crippen molar-refractivity contribution in [3.05, 3.63) is 63.5 Å². The van der Waals surface area contributed by atoms with Crippen LogP contribution in [0.3, 0.4) is 0 Å². The number of carbonyl (C=O) groups excluding carboxylic acids is 1. The molecule has 1 amide bonds. The van der Waals surface area contributed by atoms with Crippen LogP contribution in [0, 0.1) is 0 Å². The number of aromatic amines is 1. The van der Waals surface area contributed by atoms with Gasteiger partial charge in [0.2, 0.25) is 0 Å². The molecule has 1 aromatic heterocycles. The largest absolute Gasteiger partial charge is 0.326 e. The van der Waals surface area contributed by atoms with E-state index in [-0.39, 0.29) is 11.6 Å². The second-order valence-corrected chi connectivity index (χ2v) is 5.06. The standard InChI is InChI=1S/C15H12ClN3O2/c1-19-13-7-6-9(8-12(13)18-15(19)21)17-14(20)10-4-2-3-5-11(10)16/h2-8H,1H3,(H,17,20)(H,18,21). The maximum absolute atomic E-state index is 12.2. The van der Waals surface area contributed by atoms with Gasteiger partial charge >= 0.3 is 5.69 Å². The predicted octanol–water partition coefficient (Wildman–Crippen LogP) is 2.77. The van der Waals surface area contributed by atoms with Crippen molar-refractivity contribution in [3.63, 3.8) is 0 Å². The van der Waals surface area contributed by atoms with Gasteiger partial charge in [-0.15, -0.1) is 0 Å². The molecule has 0 spiro atoms. The maximum Gasteiger partial charge on any atom is 0.326 e. The number of anilines is 1. The van der Waals surface area contributed by atoms with Crippen molar-refractivity contribution < 1.29 is 4.79 Å². The average molecular weight is 302 g/mol. The van der Waals surface area contributed by atoms with Gasteiger partial charge in [0, 0.05) is 12.7 Å². The second-order valence-electron chi connectivity index (χ2n) is 4.66. The van der Waals surface area contributed by atoms with Crippen LogP contribution < -0.4 is 11.0 Å². The number of benzene rings is 2. The summed E-state index contributed by atoms with van der Waals surface area (Å²) >= 11 is 5.99. The molecule has 0 saturated carbocycles. The van der Waals surface area contributed by atoms with E-state index in [9.17, 15) is 9.59 Å². The Morgan fingerprint density at radius 1 is 1.24 bits per heavy atom. The molecule has 21 heavy (non-hydrogen) atoms. The van der Waals surface area contributed by atoms with E-state index in [1.165, 1.54) is 4.57 Å². The van der Waals surface area contributed by atoms with Crippen LogP contribution in [-0.4, -0.2) is 15.5 Å². The van der Waals surface area contributed by atoms with Gasteiger partial charge in [-0.1, -0.05) is 23.7 Å². The van der Waals surface area contributed by atoms with Crippen molar-refractivity contribution in [1.29, 1.82) is 0 Å². The topological polar surface area (TPSA) is 66.9 Å². The number of aromatic nitrogens is 2. The summed E-state index contributed by atoms with van der Waals surface area (Å²) in [6.45, 7) is 0. The lowest BCUT2D eigenvalue weighted by atomic mass is 10.2. The predicted molar refractivity (Wildman–Crippen MR) is 82.9 cm³/mol. The lowest BCUT2D eigenvalue weighted by Crippen LogP contribution is -2.12. The van der Waals surface area contributed by atoms with Gasteiger partial charge in [-0.2, -0.15) is 0 Å². The van der Waals surface area contributed by atoms with E-state index in [1.54, 1.807) is 49.5 Å². The molecule has 3 aromatic rings. The normalized spacial score (nSPS) is 10.8. The molecule has 0 atom stereocenters. The number of hydrogen-bond donors (Lipinski definition) is 2. The molecule has 0 fully saturated rings. The molecule has 0 unspecified atom stereocenters. The van der Waals surface area contributed by atoms with Gasteiger partial charge in [-0.05, 0) is 30.3 Å². The van der Waals surface area contributed by atoms with Gasteiger partial charge in [0.1, 0.15) is 0 Å². The second kappa shape index (κ2) is 5.10. The highest BCUT2D eigenvalue weighted by Crippen LogP contribution is 2.19. The quantitative estimate of drug-likeness (QED) is 0.764. The van der Waals surface area contributed by atoms with Crippen LogP contribution in [0.5, 0.6) is 0 Å².